The fourth-order valence-corrected chi connectivity index (χ4v) is 5.92. The first kappa shape index (κ1) is 24.8. The van der Waals surface area contributed by atoms with E-state index in [1.807, 2.05) is 17.0 Å². The van der Waals surface area contributed by atoms with Gasteiger partial charge in [0, 0.05) is 43.7 Å². The maximum absolute atomic E-state index is 13.6. The third-order valence-corrected chi connectivity index (χ3v) is 8.32. The maximum atomic E-state index is 13.6. The standard InChI is InChI=1S/C28H31N7O5/c1-14(15-2-3-15)34-12-17-8-16(9-21(23(17)28(34)38)40-19-5-7-39-13-19)20-4-6-35-26(32-20)24(25(29)33-35)27(37)31-18-10-22(36)30-11-18/h4,6,8-9,14-15,18-19H,2-3,5,7,10-13H2,1H3,(H2,29,33)(H,30,36)(H,31,37)/t14?,18-,19-/m1/s1. The largest absolute Gasteiger partial charge is 0.487 e. The van der Waals surface area contributed by atoms with Gasteiger partial charge in [0.2, 0.25) is 5.91 Å². The van der Waals surface area contributed by atoms with E-state index in [4.69, 9.17) is 20.2 Å². The van der Waals surface area contributed by atoms with Crippen molar-refractivity contribution in [1.29, 1.82) is 0 Å². The molecule has 0 bridgehead atoms. The van der Waals surface area contributed by atoms with Gasteiger partial charge in [-0.05, 0) is 49.4 Å². The predicted molar refractivity (Wildman–Crippen MR) is 144 cm³/mol. The van der Waals surface area contributed by atoms with E-state index in [1.54, 1.807) is 12.3 Å². The van der Waals surface area contributed by atoms with E-state index in [-0.39, 0.29) is 47.8 Å². The van der Waals surface area contributed by atoms with Crippen molar-refractivity contribution in [2.24, 2.45) is 5.92 Å². The number of carbonyl (C=O) groups excluding carboxylic acids is 3. The van der Waals surface area contributed by atoms with Gasteiger partial charge in [-0.15, -0.1) is 5.10 Å². The number of nitrogens with zero attached hydrogens (tertiary/aromatic N) is 4. The second-order valence-corrected chi connectivity index (χ2v) is 11.1. The Hall–Kier alpha value is -4.19. The smallest absolute Gasteiger partial charge is 0.259 e. The van der Waals surface area contributed by atoms with Crippen LogP contribution in [0.1, 0.15) is 58.9 Å². The van der Waals surface area contributed by atoms with Crippen molar-refractivity contribution in [3.8, 4) is 17.0 Å². The van der Waals surface area contributed by atoms with Crippen LogP contribution in [0.4, 0.5) is 5.82 Å². The van der Waals surface area contributed by atoms with Crippen molar-refractivity contribution in [3.05, 3.63) is 41.1 Å². The van der Waals surface area contributed by atoms with Crippen LogP contribution in [0.3, 0.4) is 0 Å². The van der Waals surface area contributed by atoms with Gasteiger partial charge >= 0.3 is 0 Å². The Morgan fingerprint density at radius 2 is 2.12 bits per heavy atom. The van der Waals surface area contributed by atoms with Gasteiger partial charge in [0.1, 0.15) is 17.4 Å². The lowest BCUT2D eigenvalue weighted by Gasteiger charge is -2.24. The van der Waals surface area contributed by atoms with Gasteiger partial charge in [0.05, 0.1) is 30.5 Å². The Kier molecular flexibility index (Phi) is 5.88. The van der Waals surface area contributed by atoms with E-state index >= 15 is 0 Å². The SMILES string of the molecule is CC(C1CC1)N1Cc2cc(-c3ccn4nc(N)c(C(=O)N[C@H]5CNC(=O)C5)c4n3)cc(O[C@@H]3CCOC3)c2C1=O. The van der Waals surface area contributed by atoms with Crippen LogP contribution in [0.2, 0.25) is 0 Å². The summed E-state index contributed by atoms with van der Waals surface area (Å²) in [6.45, 7) is 4.11. The van der Waals surface area contributed by atoms with Crippen molar-refractivity contribution >= 4 is 29.2 Å². The number of nitrogens with two attached hydrogens (primary N) is 1. The zero-order valence-electron chi connectivity index (χ0n) is 22.2. The molecule has 7 rings (SSSR count). The molecule has 0 spiro atoms. The molecule has 3 aliphatic heterocycles. The average Bonchev–Trinajstić information content (AvgIpc) is 3.19. The monoisotopic (exact) mass is 545 g/mol. The number of ether oxygens (including phenoxy) is 2. The second kappa shape index (κ2) is 9.47. The minimum atomic E-state index is -0.437. The number of benzene rings is 1. The van der Waals surface area contributed by atoms with E-state index in [1.165, 1.54) is 4.52 Å². The summed E-state index contributed by atoms with van der Waals surface area (Å²) in [6.07, 6.45) is 4.85. The normalized spacial score (nSPS) is 23.0. The van der Waals surface area contributed by atoms with E-state index in [0.717, 1.165) is 30.4 Å². The van der Waals surface area contributed by atoms with Gasteiger partial charge in [0.25, 0.3) is 11.8 Å². The molecule has 0 radical (unpaired) electrons. The zero-order chi connectivity index (χ0) is 27.5. The Morgan fingerprint density at radius 3 is 2.85 bits per heavy atom. The van der Waals surface area contributed by atoms with Crippen molar-refractivity contribution in [3.63, 3.8) is 0 Å². The van der Waals surface area contributed by atoms with E-state index in [0.29, 0.717) is 54.9 Å². The predicted octanol–water partition coefficient (Wildman–Crippen LogP) is 1.52. The van der Waals surface area contributed by atoms with E-state index in [2.05, 4.69) is 22.7 Å². The number of hydrogen-bond donors (Lipinski definition) is 3. The first-order valence-electron chi connectivity index (χ1n) is 13.8. The average molecular weight is 546 g/mol. The van der Waals surface area contributed by atoms with Crippen LogP contribution in [0.15, 0.2) is 24.4 Å². The molecule has 208 valence electrons. The molecule has 12 heteroatoms. The Bertz CT molecular complexity index is 1540. The molecule has 3 fully saturated rings. The maximum Gasteiger partial charge on any atom is 0.259 e. The Balaban J connectivity index is 1.26. The lowest BCUT2D eigenvalue weighted by Crippen LogP contribution is -2.36. The molecule has 40 heavy (non-hydrogen) atoms. The number of aromatic nitrogens is 3. The number of fused-ring (bicyclic) bond motifs is 2. The van der Waals surface area contributed by atoms with Crippen molar-refractivity contribution in [1.82, 2.24) is 30.1 Å². The third kappa shape index (κ3) is 4.32. The minimum Gasteiger partial charge on any atom is -0.487 e. The highest BCUT2D eigenvalue weighted by atomic mass is 16.5. The number of carbonyl (C=O) groups is 3. The molecule has 5 heterocycles. The van der Waals surface area contributed by atoms with Crippen LogP contribution >= 0.6 is 0 Å². The quantitative estimate of drug-likeness (QED) is 0.404. The summed E-state index contributed by atoms with van der Waals surface area (Å²) in [4.78, 5) is 45.0. The third-order valence-electron chi connectivity index (χ3n) is 8.32. The van der Waals surface area contributed by atoms with Crippen molar-refractivity contribution in [2.45, 2.75) is 57.3 Å². The summed E-state index contributed by atoms with van der Waals surface area (Å²) in [5, 5.41) is 9.82. The number of rotatable bonds is 7. The highest BCUT2D eigenvalue weighted by Gasteiger charge is 2.40. The second-order valence-electron chi connectivity index (χ2n) is 11.1. The first-order valence-corrected chi connectivity index (χ1v) is 13.8. The number of amides is 3. The lowest BCUT2D eigenvalue weighted by atomic mass is 10.0. The molecule has 3 aromatic rings. The van der Waals surface area contributed by atoms with Gasteiger partial charge in [-0.1, -0.05) is 0 Å². The summed E-state index contributed by atoms with van der Waals surface area (Å²) >= 11 is 0. The zero-order valence-corrected chi connectivity index (χ0v) is 22.2. The molecule has 1 aromatic carbocycles. The molecule has 4 aliphatic rings. The fraction of sp³-hybridized carbons (Fsp3) is 0.464. The number of anilines is 1. The molecule has 1 unspecified atom stereocenters. The van der Waals surface area contributed by atoms with E-state index in [9.17, 15) is 14.4 Å². The molecular weight excluding hydrogens is 514 g/mol. The molecule has 2 aromatic heterocycles. The summed E-state index contributed by atoms with van der Waals surface area (Å²) < 4.78 is 13.3. The fourth-order valence-electron chi connectivity index (χ4n) is 5.92. The number of nitrogens with one attached hydrogen (secondary N) is 2. The summed E-state index contributed by atoms with van der Waals surface area (Å²) in [6, 6.07) is 5.48. The molecule has 1 saturated carbocycles. The highest BCUT2D eigenvalue weighted by Crippen LogP contribution is 2.42. The number of hydrogen-bond acceptors (Lipinski definition) is 8. The molecule has 1 aliphatic carbocycles. The topological polar surface area (TPSA) is 153 Å². The molecule has 3 atom stereocenters. The van der Waals surface area contributed by atoms with Crippen LogP contribution < -0.4 is 21.1 Å². The van der Waals surface area contributed by atoms with Crippen molar-refractivity contribution in [2.75, 3.05) is 25.5 Å². The molecule has 3 amide bonds. The summed E-state index contributed by atoms with van der Waals surface area (Å²) in [7, 11) is 0. The Labute approximate surface area is 230 Å². The van der Waals surface area contributed by atoms with E-state index < -0.39 is 5.91 Å². The first-order chi connectivity index (χ1) is 19.4. The summed E-state index contributed by atoms with van der Waals surface area (Å²) in [5.41, 5.74) is 9.45. The van der Waals surface area contributed by atoms with Crippen LogP contribution in [-0.2, 0) is 16.1 Å². The van der Waals surface area contributed by atoms with Crippen LogP contribution in [-0.4, -0.2) is 75.2 Å². The Morgan fingerprint density at radius 1 is 1.27 bits per heavy atom. The minimum absolute atomic E-state index is 0.000631. The highest BCUT2D eigenvalue weighted by molar-refractivity contribution is 6.05. The van der Waals surface area contributed by atoms with Gasteiger partial charge in [-0.2, -0.15) is 0 Å². The van der Waals surface area contributed by atoms with Gasteiger partial charge < -0.3 is 30.7 Å². The molecule has 4 N–H and O–H groups in total. The molecule has 12 nitrogen and oxygen atoms in total. The summed E-state index contributed by atoms with van der Waals surface area (Å²) in [5.74, 6) is 0.581. The van der Waals surface area contributed by atoms with Gasteiger partial charge in [-0.3, -0.25) is 14.4 Å². The van der Waals surface area contributed by atoms with Crippen LogP contribution in [0, 0.1) is 5.92 Å². The molecule has 2 saturated heterocycles. The lowest BCUT2D eigenvalue weighted by molar-refractivity contribution is -0.119. The molecular formula is C28H31N7O5. The van der Waals surface area contributed by atoms with Crippen LogP contribution in [0.5, 0.6) is 5.75 Å². The van der Waals surface area contributed by atoms with Crippen LogP contribution in [0.25, 0.3) is 16.9 Å². The number of nitrogen functional groups attached to an aromatic ring is 1. The van der Waals surface area contributed by atoms with Gasteiger partial charge in [-0.25, -0.2) is 9.50 Å². The van der Waals surface area contributed by atoms with Crippen molar-refractivity contribution < 1.29 is 23.9 Å². The van der Waals surface area contributed by atoms with Gasteiger partial charge in [0.15, 0.2) is 11.5 Å².